The molecule has 0 fully saturated rings. The Labute approximate surface area is 123 Å². The summed E-state index contributed by atoms with van der Waals surface area (Å²) < 4.78 is 0. The van der Waals surface area contributed by atoms with Gasteiger partial charge in [0.25, 0.3) is 0 Å². The second-order valence-electron chi connectivity index (χ2n) is 5.59. The van der Waals surface area contributed by atoms with Crippen LogP contribution in [0.2, 0.25) is 0 Å². The van der Waals surface area contributed by atoms with Crippen LogP contribution in [0.25, 0.3) is 0 Å². The van der Waals surface area contributed by atoms with Gasteiger partial charge in [0.05, 0.1) is 5.92 Å². The number of ketones is 3. The highest BCUT2D eigenvalue weighted by Crippen LogP contribution is 2.42. The normalized spacial score (nSPS) is 25.4. The van der Waals surface area contributed by atoms with Crippen LogP contribution < -0.4 is 0 Å². The molecule has 4 nitrogen and oxygen atoms in total. The Morgan fingerprint density at radius 1 is 1.10 bits per heavy atom. The SMILES string of the molecule is CC(=O)C1C(=O)C=C(C)C(C(C)=O)C1c1cccc(O)c1. The summed E-state index contributed by atoms with van der Waals surface area (Å²) >= 11 is 0. The molecule has 1 aliphatic carbocycles. The quantitative estimate of drug-likeness (QED) is 0.866. The molecule has 1 aromatic carbocycles. The third kappa shape index (κ3) is 2.79. The lowest BCUT2D eigenvalue weighted by Crippen LogP contribution is -2.39. The van der Waals surface area contributed by atoms with Gasteiger partial charge in [-0.3, -0.25) is 14.4 Å². The standard InChI is InChI=1S/C17H18O4/c1-9-7-14(21)16(11(3)19)17(15(9)10(2)18)12-5-4-6-13(20)8-12/h4-8,15-17,20H,1-3H3. The highest BCUT2D eigenvalue weighted by Gasteiger charge is 2.43. The molecule has 0 aromatic heterocycles. The molecule has 0 spiro atoms. The van der Waals surface area contributed by atoms with Crippen LogP contribution in [0.1, 0.15) is 32.3 Å². The number of hydrogen-bond acceptors (Lipinski definition) is 4. The van der Waals surface area contributed by atoms with Crippen LogP contribution >= 0.6 is 0 Å². The zero-order chi connectivity index (χ0) is 15.7. The van der Waals surface area contributed by atoms with Crippen molar-refractivity contribution in [2.75, 3.05) is 0 Å². The van der Waals surface area contributed by atoms with E-state index in [1.807, 2.05) is 0 Å². The third-order valence-electron chi connectivity index (χ3n) is 4.02. The summed E-state index contributed by atoms with van der Waals surface area (Å²) in [5, 5.41) is 9.66. The highest BCUT2D eigenvalue weighted by atomic mass is 16.3. The number of Topliss-reactive ketones (excluding diaryl/α,β-unsaturated/α-hetero) is 2. The first-order chi connectivity index (χ1) is 9.82. The molecule has 0 bridgehead atoms. The van der Waals surface area contributed by atoms with E-state index in [1.165, 1.54) is 32.1 Å². The van der Waals surface area contributed by atoms with Crippen molar-refractivity contribution >= 4 is 17.3 Å². The summed E-state index contributed by atoms with van der Waals surface area (Å²) in [6, 6.07) is 6.42. The summed E-state index contributed by atoms with van der Waals surface area (Å²) in [5.41, 5.74) is 1.30. The number of phenolic OH excluding ortho intramolecular Hbond substituents is 1. The lowest BCUT2D eigenvalue weighted by Gasteiger charge is -2.34. The van der Waals surface area contributed by atoms with Crippen molar-refractivity contribution in [1.82, 2.24) is 0 Å². The van der Waals surface area contributed by atoms with E-state index in [9.17, 15) is 19.5 Å². The van der Waals surface area contributed by atoms with Crippen molar-refractivity contribution in [2.24, 2.45) is 11.8 Å². The fourth-order valence-corrected chi connectivity index (χ4v) is 3.20. The molecule has 0 heterocycles. The smallest absolute Gasteiger partial charge is 0.166 e. The van der Waals surface area contributed by atoms with Crippen molar-refractivity contribution in [1.29, 1.82) is 0 Å². The number of hydrogen-bond donors (Lipinski definition) is 1. The molecule has 0 saturated heterocycles. The molecule has 3 atom stereocenters. The Balaban J connectivity index is 2.63. The van der Waals surface area contributed by atoms with Gasteiger partial charge in [0.2, 0.25) is 0 Å². The van der Waals surface area contributed by atoms with Crippen LogP contribution in [0.15, 0.2) is 35.9 Å². The summed E-state index contributed by atoms with van der Waals surface area (Å²) in [6.45, 7) is 4.56. The number of benzene rings is 1. The summed E-state index contributed by atoms with van der Waals surface area (Å²) in [4.78, 5) is 36.2. The number of allylic oxidation sites excluding steroid dienone is 2. The number of carbonyl (C=O) groups is 3. The third-order valence-corrected chi connectivity index (χ3v) is 4.02. The molecule has 3 unspecified atom stereocenters. The summed E-state index contributed by atoms with van der Waals surface area (Å²) in [5.74, 6) is -2.51. The maximum absolute atomic E-state index is 12.2. The van der Waals surface area contributed by atoms with E-state index < -0.39 is 17.8 Å². The van der Waals surface area contributed by atoms with E-state index >= 15 is 0 Å². The summed E-state index contributed by atoms with van der Waals surface area (Å²) in [7, 11) is 0. The van der Waals surface area contributed by atoms with E-state index in [2.05, 4.69) is 0 Å². The van der Waals surface area contributed by atoms with Crippen molar-refractivity contribution in [3.05, 3.63) is 41.5 Å². The molecule has 0 radical (unpaired) electrons. The fraction of sp³-hybridized carbons (Fsp3) is 0.353. The van der Waals surface area contributed by atoms with Gasteiger partial charge < -0.3 is 5.11 Å². The van der Waals surface area contributed by atoms with Gasteiger partial charge in [0, 0.05) is 11.8 Å². The molecule has 0 saturated carbocycles. The molecule has 1 N–H and O–H groups in total. The number of phenols is 1. The molecule has 4 heteroatoms. The molecule has 1 aliphatic rings. The van der Waals surface area contributed by atoms with Crippen LogP contribution in [-0.4, -0.2) is 22.5 Å². The minimum atomic E-state index is -0.871. The molecular formula is C17H18O4. The number of rotatable bonds is 3. The van der Waals surface area contributed by atoms with Crippen LogP contribution in [0.3, 0.4) is 0 Å². The van der Waals surface area contributed by atoms with Gasteiger partial charge in [-0.05, 0) is 44.5 Å². The average molecular weight is 286 g/mol. The number of carbonyl (C=O) groups excluding carboxylic acids is 3. The van der Waals surface area contributed by atoms with Gasteiger partial charge in [-0.1, -0.05) is 17.7 Å². The minimum absolute atomic E-state index is 0.0526. The summed E-state index contributed by atoms with van der Waals surface area (Å²) in [6.07, 6.45) is 1.40. The van der Waals surface area contributed by atoms with E-state index in [4.69, 9.17) is 0 Å². The maximum Gasteiger partial charge on any atom is 0.166 e. The van der Waals surface area contributed by atoms with E-state index in [-0.39, 0.29) is 23.1 Å². The van der Waals surface area contributed by atoms with E-state index in [0.717, 1.165) is 0 Å². The first-order valence-electron chi connectivity index (χ1n) is 6.84. The fourth-order valence-electron chi connectivity index (χ4n) is 3.20. The Kier molecular flexibility index (Phi) is 4.07. The van der Waals surface area contributed by atoms with Crippen molar-refractivity contribution in [2.45, 2.75) is 26.7 Å². The molecular weight excluding hydrogens is 268 g/mol. The van der Waals surface area contributed by atoms with Crippen molar-refractivity contribution < 1.29 is 19.5 Å². The second-order valence-corrected chi connectivity index (χ2v) is 5.59. The van der Waals surface area contributed by atoms with Gasteiger partial charge in [0.15, 0.2) is 5.78 Å². The van der Waals surface area contributed by atoms with Gasteiger partial charge in [-0.2, -0.15) is 0 Å². The van der Waals surface area contributed by atoms with Gasteiger partial charge in [-0.15, -0.1) is 0 Å². The second kappa shape index (κ2) is 5.64. The minimum Gasteiger partial charge on any atom is -0.508 e. The van der Waals surface area contributed by atoms with Gasteiger partial charge >= 0.3 is 0 Å². The molecule has 0 aliphatic heterocycles. The zero-order valence-electron chi connectivity index (χ0n) is 12.3. The molecule has 0 amide bonds. The highest BCUT2D eigenvalue weighted by molar-refractivity contribution is 6.10. The zero-order valence-corrected chi connectivity index (χ0v) is 12.3. The largest absolute Gasteiger partial charge is 0.508 e. The molecule has 110 valence electrons. The molecule has 2 rings (SSSR count). The van der Waals surface area contributed by atoms with E-state index in [0.29, 0.717) is 11.1 Å². The van der Waals surface area contributed by atoms with Crippen LogP contribution in [-0.2, 0) is 14.4 Å². The Morgan fingerprint density at radius 2 is 1.71 bits per heavy atom. The first-order valence-corrected chi connectivity index (χ1v) is 6.84. The monoisotopic (exact) mass is 286 g/mol. The van der Waals surface area contributed by atoms with E-state index in [1.54, 1.807) is 19.1 Å². The average Bonchev–Trinajstić information content (AvgIpc) is 2.36. The van der Waals surface area contributed by atoms with Crippen LogP contribution in [0.4, 0.5) is 0 Å². The topological polar surface area (TPSA) is 71.4 Å². The Hall–Kier alpha value is -2.23. The number of aromatic hydroxyl groups is 1. The molecule has 1 aromatic rings. The van der Waals surface area contributed by atoms with Crippen LogP contribution in [0.5, 0.6) is 5.75 Å². The predicted molar refractivity (Wildman–Crippen MR) is 78.0 cm³/mol. The van der Waals surface area contributed by atoms with Gasteiger partial charge in [0.1, 0.15) is 17.3 Å². The van der Waals surface area contributed by atoms with Crippen LogP contribution in [0, 0.1) is 11.8 Å². The van der Waals surface area contributed by atoms with Crippen molar-refractivity contribution in [3.8, 4) is 5.75 Å². The predicted octanol–water partition coefficient (Wildman–Crippen LogP) is 2.42. The molecule has 21 heavy (non-hydrogen) atoms. The first kappa shape index (κ1) is 15.2. The lowest BCUT2D eigenvalue weighted by molar-refractivity contribution is -0.132. The lowest BCUT2D eigenvalue weighted by atomic mass is 9.66. The van der Waals surface area contributed by atoms with Crippen molar-refractivity contribution in [3.63, 3.8) is 0 Å². The maximum atomic E-state index is 12.2. The van der Waals surface area contributed by atoms with Gasteiger partial charge in [-0.25, -0.2) is 0 Å². The Bertz CT molecular complexity index is 642. The Morgan fingerprint density at radius 3 is 2.24 bits per heavy atom.